The maximum absolute atomic E-state index is 11.8. The Labute approximate surface area is 162 Å². The van der Waals surface area contributed by atoms with Gasteiger partial charge in [0.25, 0.3) is 0 Å². The number of hydrogen-bond donors (Lipinski definition) is 1. The van der Waals surface area contributed by atoms with Crippen LogP contribution in [0.2, 0.25) is 0 Å². The maximum Gasteiger partial charge on any atom is 0.407 e. The third-order valence-corrected chi connectivity index (χ3v) is 5.26. The standard InChI is InChI=1S/C22H33NO4/c1-21(2,3)27-20(24)23-13-12-22(16-26-22)18-10-7-11-19(14-18)25-15-17-8-5-4-6-9-17/h7,10-11,14,17H,4-6,8-9,12-13,15-16H2,1-3H3,(H,23,24). The predicted octanol–water partition coefficient (Wildman–Crippen LogP) is 4.79. The molecule has 0 aromatic heterocycles. The Morgan fingerprint density at radius 1 is 1.26 bits per heavy atom. The van der Waals surface area contributed by atoms with Crippen LogP contribution in [0.15, 0.2) is 24.3 Å². The Kier molecular flexibility index (Phi) is 6.30. The molecule has 0 bridgehead atoms. The van der Waals surface area contributed by atoms with Crippen LogP contribution in [-0.4, -0.2) is 31.5 Å². The zero-order chi connectivity index (χ0) is 19.3. The molecule has 0 radical (unpaired) electrons. The molecule has 27 heavy (non-hydrogen) atoms. The van der Waals surface area contributed by atoms with Crippen molar-refractivity contribution < 1.29 is 19.0 Å². The molecule has 1 N–H and O–H groups in total. The van der Waals surface area contributed by atoms with E-state index in [1.165, 1.54) is 32.1 Å². The summed E-state index contributed by atoms with van der Waals surface area (Å²) in [5.74, 6) is 1.60. The number of carbonyl (C=O) groups excluding carboxylic acids is 1. The maximum atomic E-state index is 11.8. The van der Waals surface area contributed by atoms with Gasteiger partial charge in [-0.25, -0.2) is 4.79 Å². The van der Waals surface area contributed by atoms with Crippen molar-refractivity contribution in [2.24, 2.45) is 5.92 Å². The minimum absolute atomic E-state index is 0.306. The normalized spacial score (nSPS) is 22.9. The zero-order valence-electron chi connectivity index (χ0n) is 16.9. The number of rotatable bonds is 7. The van der Waals surface area contributed by atoms with E-state index in [1.807, 2.05) is 32.9 Å². The van der Waals surface area contributed by atoms with Crippen LogP contribution in [-0.2, 0) is 15.1 Å². The molecule has 0 spiro atoms. The lowest BCUT2D eigenvalue weighted by Gasteiger charge is -2.22. The largest absolute Gasteiger partial charge is 0.493 e. The van der Waals surface area contributed by atoms with Crippen molar-refractivity contribution in [2.45, 2.75) is 70.5 Å². The second-order valence-corrected chi connectivity index (χ2v) is 8.80. The summed E-state index contributed by atoms with van der Waals surface area (Å²) in [6.45, 7) is 7.57. The van der Waals surface area contributed by atoms with Crippen molar-refractivity contribution >= 4 is 6.09 Å². The third-order valence-electron chi connectivity index (χ3n) is 5.26. The van der Waals surface area contributed by atoms with Gasteiger partial charge in [0.1, 0.15) is 17.0 Å². The van der Waals surface area contributed by atoms with Crippen LogP contribution in [0.1, 0.15) is 64.9 Å². The van der Waals surface area contributed by atoms with Gasteiger partial charge in [-0.2, -0.15) is 0 Å². The van der Waals surface area contributed by atoms with Crippen molar-refractivity contribution in [3.05, 3.63) is 29.8 Å². The van der Waals surface area contributed by atoms with Crippen LogP contribution in [0, 0.1) is 5.92 Å². The van der Waals surface area contributed by atoms with E-state index in [0.717, 1.165) is 24.3 Å². The van der Waals surface area contributed by atoms with Crippen molar-refractivity contribution in [3.8, 4) is 5.75 Å². The number of ether oxygens (including phenoxy) is 3. The number of nitrogens with one attached hydrogen (secondary N) is 1. The summed E-state index contributed by atoms with van der Waals surface area (Å²) >= 11 is 0. The van der Waals surface area contributed by atoms with Gasteiger partial charge in [0.05, 0.1) is 13.2 Å². The summed E-state index contributed by atoms with van der Waals surface area (Å²) in [5.41, 5.74) is 0.329. The van der Waals surface area contributed by atoms with Gasteiger partial charge < -0.3 is 19.5 Å². The van der Waals surface area contributed by atoms with Gasteiger partial charge in [0.2, 0.25) is 0 Å². The smallest absolute Gasteiger partial charge is 0.407 e. The Balaban J connectivity index is 1.49. The first-order valence-corrected chi connectivity index (χ1v) is 10.2. The van der Waals surface area contributed by atoms with Crippen LogP contribution < -0.4 is 10.1 Å². The summed E-state index contributed by atoms with van der Waals surface area (Å²) in [5, 5.41) is 2.82. The summed E-state index contributed by atoms with van der Waals surface area (Å²) in [6, 6.07) is 8.20. The van der Waals surface area contributed by atoms with Gasteiger partial charge in [-0.05, 0) is 57.2 Å². The average Bonchev–Trinajstić information content (AvgIpc) is 3.41. The van der Waals surface area contributed by atoms with Crippen molar-refractivity contribution in [3.63, 3.8) is 0 Å². The molecule has 5 heteroatoms. The van der Waals surface area contributed by atoms with Gasteiger partial charge in [-0.1, -0.05) is 31.4 Å². The highest BCUT2D eigenvalue weighted by molar-refractivity contribution is 5.67. The van der Waals surface area contributed by atoms with Gasteiger partial charge in [-0.15, -0.1) is 0 Å². The molecule has 150 valence electrons. The summed E-state index contributed by atoms with van der Waals surface area (Å²) in [6.07, 6.45) is 6.92. The monoisotopic (exact) mass is 375 g/mol. The molecule has 1 aliphatic heterocycles. The number of epoxide rings is 1. The van der Waals surface area contributed by atoms with E-state index in [-0.39, 0.29) is 11.7 Å². The van der Waals surface area contributed by atoms with Crippen LogP contribution >= 0.6 is 0 Å². The van der Waals surface area contributed by atoms with E-state index in [9.17, 15) is 4.79 Å². The molecule has 5 nitrogen and oxygen atoms in total. The molecule has 1 saturated heterocycles. The van der Waals surface area contributed by atoms with Crippen molar-refractivity contribution in [1.29, 1.82) is 0 Å². The lowest BCUT2D eigenvalue weighted by molar-refractivity contribution is 0.0523. The van der Waals surface area contributed by atoms with Crippen LogP contribution in [0.3, 0.4) is 0 Å². The summed E-state index contributed by atoms with van der Waals surface area (Å²) in [7, 11) is 0. The first-order valence-electron chi connectivity index (χ1n) is 10.2. The molecule has 1 aromatic carbocycles. The molecule has 1 amide bonds. The van der Waals surface area contributed by atoms with Gasteiger partial charge in [0.15, 0.2) is 0 Å². The highest BCUT2D eigenvalue weighted by atomic mass is 16.6. The minimum atomic E-state index is -0.484. The van der Waals surface area contributed by atoms with Gasteiger partial charge in [0, 0.05) is 13.0 Å². The second kappa shape index (κ2) is 8.51. The molecule has 2 aliphatic rings. The number of alkyl carbamates (subject to hydrolysis) is 1. The summed E-state index contributed by atoms with van der Waals surface area (Å²) < 4.78 is 17.1. The quantitative estimate of drug-likeness (QED) is 0.696. The highest BCUT2D eigenvalue weighted by Crippen LogP contribution is 2.42. The van der Waals surface area contributed by atoms with Crippen LogP contribution in [0.25, 0.3) is 0 Å². The summed E-state index contributed by atoms with van der Waals surface area (Å²) in [4.78, 5) is 11.8. The molecule has 1 aliphatic carbocycles. The molecule has 1 aromatic rings. The molecule has 2 fully saturated rings. The first kappa shape index (κ1) is 20.0. The zero-order valence-corrected chi connectivity index (χ0v) is 16.9. The lowest BCUT2D eigenvalue weighted by atomic mass is 9.90. The third kappa shape index (κ3) is 6.13. The lowest BCUT2D eigenvalue weighted by Crippen LogP contribution is -2.34. The molecule has 1 heterocycles. The van der Waals surface area contributed by atoms with E-state index in [1.54, 1.807) is 0 Å². The second-order valence-electron chi connectivity index (χ2n) is 8.80. The Hall–Kier alpha value is -1.75. The number of hydrogen-bond acceptors (Lipinski definition) is 4. The van der Waals surface area contributed by atoms with Crippen LogP contribution in [0.4, 0.5) is 4.79 Å². The van der Waals surface area contributed by atoms with E-state index in [2.05, 4.69) is 17.4 Å². The number of carbonyl (C=O) groups is 1. The minimum Gasteiger partial charge on any atom is -0.493 e. The number of amides is 1. The highest BCUT2D eigenvalue weighted by Gasteiger charge is 2.46. The van der Waals surface area contributed by atoms with E-state index >= 15 is 0 Å². The molecule has 3 rings (SSSR count). The van der Waals surface area contributed by atoms with Crippen molar-refractivity contribution in [1.82, 2.24) is 5.32 Å². The fraction of sp³-hybridized carbons (Fsp3) is 0.682. The topological polar surface area (TPSA) is 60.1 Å². The van der Waals surface area contributed by atoms with E-state index < -0.39 is 5.60 Å². The SMILES string of the molecule is CC(C)(C)OC(=O)NCCC1(c2cccc(OCC3CCCCC3)c2)CO1. The molecule has 1 atom stereocenters. The number of benzene rings is 1. The van der Waals surface area contributed by atoms with Gasteiger partial charge in [-0.3, -0.25) is 0 Å². The predicted molar refractivity (Wildman–Crippen MR) is 105 cm³/mol. The van der Waals surface area contributed by atoms with E-state index in [4.69, 9.17) is 14.2 Å². The Bertz CT molecular complexity index is 627. The van der Waals surface area contributed by atoms with Crippen molar-refractivity contribution in [2.75, 3.05) is 19.8 Å². The van der Waals surface area contributed by atoms with Gasteiger partial charge >= 0.3 is 6.09 Å². The average molecular weight is 376 g/mol. The van der Waals surface area contributed by atoms with Crippen LogP contribution in [0.5, 0.6) is 5.75 Å². The first-order chi connectivity index (χ1) is 12.9. The Morgan fingerprint density at radius 2 is 2.00 bits per heavy atom. The Morgan fingerprint density at radius 3 is 2.67 bits per heavy atom. The fourth-order valence-corrected chi connectivity index (χ4v) is 3.66. The van der Waals surface area contributed by atoms with E-state index in [0.29, 0.717) is 19.1 Å². The molecule has 1 unspecified atom stereocenters. The molecular weight excluding hydrogens is 342 g/mol. The fourth-order valence-electron chi connectivity index (χ4n) is 3.66. The molecular formula is C22H33NO4. The molecule has 1 saturated carbocycles.